The van der Waals surface area contributed by atoms with E-state index in [0.29, 0.717) is 12.6 Å². The predicted octanol–water partition coefficient (Wildman–Crippen LogP) is 2.41. The maximum Gasteiger partial charge on any atom is 0.147 e. The molecule has 0 spiro atoms. The molecule has 1 fully saturated rings. The van der Waals surface area contributed by atoms with Crippen molar-refractivity contribution in [3.63, 3.8) is 0 Å². The molecule has 25 heavy (non-hydrogen) atoms. The minimum absolute atomic E-state index is 0.380. The third-order valence-electron chi connectivity index (χ3n) is 5.00. The van der Waals surface area contributed by atoms with Crippen LogP contribution < -0.4 is 4.74 Å². The first-order valence-corrected chi connectivity index (χ1v) is 8.92. The van der Waals surface area contributed by atoms with E-state index in [1.54, 1.807) is 7.11 Å². The summed E-state index contributed by atoms with van der Waals surface area (Å²) < 4.78 is 7.41. The molecule has 1 aromatic heterocycles. The lowest BCUT2D eigenvalue weighted by Crippen LogP contribution is -2.36. The molecular weight excluding hydrogens is 316 g/mol. The van der Waals surface area contributed by atoms with Crippen LogP contribution in [0.25, 0.3) is 0 Å². The molecule has 6 nitrogen and oxygen atoms in total. The summed E-state index contributed by atoms with van der Waals surface area (Å²) in [7, 11) is 1.65. The number of aliphatic hydroxyl groups is 1. The zero-order valence-corrected chi connectivity index (χ0v) is 15.6. The van der Waals surface area contributed by atoms with Crippen LogP contribution in [0.1, 0.15) is 41.7 Å². The number of β-amino-alcohol motifs (C(OH)–C–C–N with tert-alkyl or cyclic N) is 1. The number of aliphatic hydroxyl groups excluding tert-OH is 1. The molecule has 2 atom stereocenters. The largest absolute Gasteiger partial charge is 0.496 e. The van der Waals surface area contributed by atoms with Crippen molar-refractivity contribution < 1.29 is 9.84 Å². The normalized spacial score (nSPS) is 19.3. The van der Waals surface area contributed by atoms with Gasteiger partial charge in [0.05, 0.1) is 19.8 Å². The SMILES string of the molecule is COc1ccc(C)cc1C(O)CN1CCCC1Cn1nc(C)nc1C. The van der Waals surface area contributed by atoms with Gasteiger partial charge in [-0.2, -0.15) is 5.10 Å². The lowest BCUT2D eigenvalue weighted by atomic mass is 10.0. The topological polar surface area (TPSA) is 63.4 Å². The zero-order chi connectivity index (χ0) is 18.0. The Morgan fingerprint density at radius 3 is 2.80 bits per heavy atom. The van der Waals surface area contributed by atoms with Gasteiger partial charge in [0.2, 0.25) is 0 Å². The minimum Gasteiger partial charge on any atom is -0.496 e. The summed E-state index contributed by atoms with van der Waals surface area (Å²) in [5.74, 6) is 2.51. The van der Waals surface area contributed by atoms with E-state index in [4.69, 9.17) is 4.74 Å². The predicted molar refractivity (Wildman–Crippen MR) is 96.8 cm³/mol. The molecule has 2 heterocycles. The average Bonchev–Trinajstić information content (AvgIpc) is 3.13. The highest BCUT2D eigenvalue weighted by molar-refractivity contribution is 5.38. The monoisotopic (exact) mass is 344 g/mol. The van der Waals surface area contributed by atoms with Crippen LogP contribution in [0.5, 0.6) is 5.75 Å². The molecule has 1 N–H and O–H groups in total. The number of hydrogen-bond donors (Lipinski definition) is 1. The second kappa shape index (κ2) is 7.54. The lowest BCUT2D eigenvalue weighted by Gasteiger charge is -2.27. The van der Waals surface area contributed by atoms with Crippen molar-refractivity contribution >= 4 is 0 Å². The summed E-state index contributed by atoms with van der Waals surface area (Å²) >= 11 is 0. The van der Waals surface area contributed by atoms with Gasteiger partial charge >= 0.3 is 0 Å². The summed E-state index contributed by atoms with van der Waals surface area (Å²) in [6.07, 6.45) is 1.71. The molecule has 0 aliphatic carbocycles. The van der Waals surface area contributed by atoms with E-state index in [1.165, 1.54) is 0 Å². The van der Waals surface area contributed by atoms with E-state index in [-0.39, 0.29) is 0 Å². The van der Waals surface area contributed by atoms with E-state index in [2.05, 4.69) is 15.0 Å². The molecule has 2 aromatic rings. The fourth-order valence-electron chi connectivity index (χ4n) is 3.71. The third kappa shape index (κ3) is 4.02. The Balaban J connectivity index is 1.71. The van der Waals surface area contributed by atoms with Crippen LogP contribution in [0.15, 0.2) is 18.2 Å². The lowest BCUT2D eigenvalue weighted by molar-refractivity contribution is 0.0981. The smallest absolute Gasteiger partial charge is 0.147 e. The Morgan fingerprint density at radius 2 is 2.12 bits per heavy atom. The summed E-state index contributed by atoms with van der Waals surface area (Å²) in [4.78, 5) is 6.75. The summed E-state index contributed by atoms with van der Waals surface area (Å²) in [6.45, 7) is 8.38. The van der Waals surface area contributed by atoms with Crippen molar-refractivity contribution in [2.45, 2.75) is 52.3 Å². The van der Waals surface area contributed by atoms with E-state index < -0.39 is 6.10 Å². The zero-order valence-electron chi connectivity index (χ0n) is 15.6. The highest BCUT2D eigenvalue weighted by Gasteiger charge is 2.28. The summed E-state index contributed by atoms with van der Waals surface area (Å²) in [5.41, 5.74) is 1.99. The number of aryl methyl sites for hydroxylation is 3. The Bertz CT molecular complexity index is 728. The van der Waals surface area contributed by atoms with Crippen LogP contribution in [0.3, 0.4) is 0 Å². The fourth-order valence-corrected chi connectivity index (χ4v) is 3.71. The Hall–Kier alpha value is -1.92. The van der Waals surface area contributed by atoms with Gasteiger partial charge in [-0.25, -0.2) is 9.67 Å². The van der Waals surface area contributed by atoms with Gasteiger partial charge in [0.25, 0.3) is 0 Å². The highest BCUT2D eigenvalue weighted by Crippen LogP contribution is 2.29. The van der Waals surface area contributed by atoms with E-state index in [9.17, 15) is 5.11 Å². The number of hydrogen-bond acceptors (Lipinski definition) is 5. The molecule has 0 bridgehead atoms. The molecular formula is C19H28N4O2. The summed E-state index contributed by atoms with van der Waals surface area (Å²) in [5, 5.41) is 15.3. The average molecular weight is 344 g/mol. The first-order chi connectivity index (χ1) is 12.0. The Morgan fingerprint density at radius 1 is 1.32 bits per heavy atom. The molecule has 0 radical (unpaired) electrons. The van der Waals surface area contributed by atoms with Crippen LogP contribution in [0.4, 0.5) is 0 Å². The van der Waals surface area contributed by atoms with Crippen LogP contribution in [0.2, 0.25) is 0 Å². The number of nitrogens with zero attached hydrogens (tertiary/aromatic N) is 4. The second-order valence-electron chi connectivity index (χ2n) is 6.94. The van der Waals surface area contributed by atoms with Crippen LogP contribution in [-0.4, -0.2) is 51.0 Å². The van der Waals surface area contributed by atoms with Gasteiger partial charge in [-0.1, -0.05) is 11.6 Å². The van der Waals surface area contributed by atoms with Crippen LogP contribution >= 0.6 is 0 Å². The standard InChI is InChI=1S/C19H28N4O2/c1-13-7-8-19(25-4)17(10-13)18(24)12-22-9-5-6-16(22)11-23-15(3)20-14(2)21-23/h7-8,10,16,18,24H,5-6,9,11-12H2,1-4H3. The molecule has 136 valence electrons. The first-order valence-electron chi connectivity index (χ1n) is 8.92. The molecule has 3 rings (SSSR count). The van der Waals surface area contributed by atoms with E-state index >= 15 is 0 Å². The number of benzene rings is 1. The summed E-state index contributed by atoms with van der Waals surface area (Å²) in [6, 6.07) is 6.32. The van der Waals surface area contributed by atoms with Crippen LogP contribution in [-0.2, 0) is 6.54 Å². The van der Waals surface area contributed by atoms with Gasteiger partial charge in [-0.3, -0.25) is 4.90 Å². The number of methoxy groups -OCH3 is 1. The van der Waals surface area contributed by atoms with Gasteiger partial charge in [0.15, 0.2) is 0 Å². The Kier molecular flexibility index (Phi) is 5.39. The van der Waals surface area contributed by atoms with E-state index in [0.717, 1.165) is 54.5 Å². The fraction of sp³-hybridized carbons (Fsp3) is 0.579. The van der Waals surface area contributed by atoms with Gasteiger partial charge in [-0.15, -0.1) is 0 Å². The molecule has 6 heteroatoms. The molecule has 1 aromatic carbocycles. The quantitative estimate of drug-likeness (QED) is 0.872. The molecule has 1 saturated heterocycles. The van der Waals surface area contributed by atoms with Gasteiger partial charge in [-0.05, 0) is 52.3 Å². The van der Waals surface area contributed by atoms with Gasteiger partial charge < -0.3 is 9.84 Å². The first kappa shape index (κ1) is 17.9. The number of likely N-dealkylation sites (tertiary alicyclic amines) is 1. The van der Waals surface area contributed by atoms with E-state index in [1.807, 2.05) is 43.7 Å². The van der Waals surface area contributed by atoms with Crippen molar-refractivity contribution in [2.75, 3.05) is 20.2 Å². The van der Waals surface area contributed by atoms with Crippen molar-refractivity contribution in [1.82, 2.24) is 19.7 Å². The number of ether oxygens (including phenoxy) is 1. The molecule has 0 saturated carbocycles. The van der Waals surface area contributed by atoms with Gasteiger partial charge in [0, 0.05) is 18.2 Å². The van der Waals surface area contributed by atoms with Crippen molar-refractivity contribution in [1.29, 1.82) is 0 Å². The minimum atomic E-state index is -0.561. The molecule has 0 amide bonds. The number of rotatable bonds is 6. The molecule has 2 unspecified atom stereocenters. The second-order valence-corrected chi connectivity index (χ2v) is 6.94. The van der Waals surface area contributed by atoms with Crippen molar-refractivity contribution in [2.24, 2.45) is 0 Å². The maximum atomic E-state index is 10.8. The van der Waals surface area contributed by atoms with Crippen LogP contribution in [0, 0.1) is 20.8 Å². The molecule has 1 aliphatic rings. The van der Waals surface area contributed by atoms with Crippen molar-refractivity contribution in [3.8, 4) is 5.75 Å². The maximum absolute atomic E-state index is 10.8. The number of aromatic nitrogens is 3. The Labute approximate surface area is 149 Å². The third-order valence-corrected chi connectivity index (χ3v) is 5.00. The highest BCUT2D eigenvalue weighted by atomic mass is 16.5. The van der Waals surface area contributed by atoms with Gasteiger partial charge in [0.1, 0.15) is 17.4 Å². The molecule has 1 aliphatic heterocycles. The van der Waals surface area contributed by atoms with Crippen molar-refractivity contribution in [3.05, 3.63) is 41.0 Å².